The summed E-state index contributed by atoms with van der Waals surface area (Å²) >= 11 is 0. The largest absolute Gasteiger partial charge is 1.00 e. The average molecular weight is 436 g/mol. The van der Waals surface area contributed by atoms with Crippen molar-refractivity contribution in [1.29, 1.82) is 0 Å². The number of esters is 2. The maximum absolute atomic E-state index is 11.1. The summed E-state index contributed by atoms with van der Waals surface area (Å²) in [7, 11) is 2.72. The predicted octanol–water partition coefficient (Wildman–Crippen LogP) is -2.92. The minimum absolute atomic E-state index is 0. The van der Waals surface area contributed by atoms with Gasteiger partial charge < -0.3 is 24.1 Å². The zero-order valence-electron chi connectivity index (χ0n) is 18.0. The molecule has 0 aromatic heterocycles. The first-order valence-electron chi connectivity index (χ1n) is 7.99. The molecule has 0 atom stereocenters. The van der Waals surface area contributed by atoms with E-state index in [1.54, 1.807) is 33.8 Å². The third-order valence-corrected chi connectivity index (χ3v) is 2.87. The van der Waals surface area contributed by atoms with Crippen LogP contribution in [0.5, 0.6) is 0 Å². The molecule has 10 nitrogen and oxygen atoms in total. The Morgan fingerprint density at radius 3 is 1.55 bits per heavy atom. The fourth-order valence-electron chi connectivity index (χ4n) is 1.46. The van der Waals surface area contributed by atoms with Gasteiger partial charge in [0.2, 0.25) is 0 Å². The summed E-state index contributed by atoms with van der Waals surface area (Å²) in [5.41, 5.74) is -1.21. The van der Waals surface area contributed by atoms with E-state index >= 15 is 0 Å². The monoisotopic (exact) mass is 436 g/mol. The van der Waals surface area contributed by atoms with E-state index in [1.807, 2.05) is 0 Å². The predicted molar refractivity (Wildman–Crippen MR) is 108 cm³/mol. The van der Waals surface area contributed by atoms with Crippen LogP contribution in [-0.2, 0) is 33.6 Å². The van der Waals surface area contributed by atoms with Crippen LogP contribution >= 0.6 is 0 Å². The van der Waals surface area contributed by atoms with E-state index in [-0.39, 0.29) is 69.7 Å². The Kier molecular flexibility index (Phi) is 32.0. The Bertz CT molecular complexity index is 406. The Labute approximate surface area is 197 Å². The van der Waals surface area contributed by atoms with Crippen molar-refractivity contribution in [2.75, 3.05) is 47.3 Å². The molecule has 0 spiro atoms. The number of rotatable bonds is 10. The number of aliphatic hydroxyl groups is 1. The van der Waals surface area contributed by atoms with Crippen molar-refractivity contribution >= 4 is 20.4 Å². The van der Waals surface area contributed by atoms with Crippen LogP contribution in [0.1, 0.15) is 27.7 Å². The van der Waals surface area contributed by atoms with Crippen LogP contribution in [0, 0.1) is 10.8 Å². The molecule has 0 amide bonds. The maximum Gasteiger partial charge on any atom is 1.00 e. The molecule has 12 heteroatoms. The summed E-state index contributed by atoms with van der Waals surface area (Å²) in [5, 5.41) is 23.9. The number of methoxy groups -OCH3 is 2. The number of carbonyl (C=O) groups is 2. The van der Waals surface area contributed by atoms with E-state index in [4.69, 9.17) is 25.1 Å². The van der Waals surface area contributed by atoms with Crippen molar-refractivity contribution in [1.82, 2.24) is 0 Å². The van der Waals surface area contributed by atoms with Crippen LogP contribution in [0.2, 0.25) is 0 Å². The van der Waals surface area contributed by atoms with E-state index in [0.717, 1.165) is 0 Å². The quantitative estimate of drug-likeness (QED) is 0.0815. The maximum atomic E-state index is 11.1. The molecule has 29 heavy (non-hydrogen) atoms. The van der Waals surface area contributed by atoms with Gasteiger partial charge in [0, 0.05) is 0 Å². The molecule has 0 saturated heterocycles. The van der Waals surface area contributed by atoms with E-state index in [0.29, 0.717) is 13.2 Å². The van der Waals surface area contributed by atoms with Crippen molar-refractivity contribution in [3.8, 4) is 0 Å². The van der Waals surface area contributed by atoms with Crippen LogP contribution in [0.15, 0.2) is 12.7 Å². The van der Waals surface area contributed by atoms with Gasteiger partial charge in [-0.3, -0.25) is 9.59 Å². The molecule has 0 radical (unpaired) electrons. The Hall–Kier alpha value is -0.495. The third kappa shape index (κ3) is 23.7. The topological polar surface area (TPSA) is 141 Å². The summed E-state index contributed by atoms with van der Waals surface area (Å²) in [5.74, 6) is -0.563. The summed E-state index contributed by atoms with van der Waals surface area (Å²) in [6.45, 7) is 11.8. The van der Waals surface area contributed by atoms with Crippen molar-refractivity contribution in [3.63, 3.8) is 0 Å². The first-order valence-corrected chi connectivity index (χ1v) is 7.99. The zero-order valence-corrected chi connectivity index (χ0v) is 20.0. The SMILES string of the molecule is C=CCOCC(C)(C)C(=O)OC.COC(=O)C(C)(C)COCCO.OOO.[BH4-].[Na+]. The van der Waals surface area contributed by atoms with Crippen molar-refractivity contribution < 1.29 is 78.8 Å². The number of hydrogen-bond acceptors (Lipinski definition) is 10. The number of carbonyl (C=O) groups excluding carboxylic acids is 2. The standard InChI is InChI=1S/C9H16O3.C8H16O4.BH4.Na.H2O3/c1-5-6-12-7-9(2,3)8(10)11-4;1-8(2,7(10)11-3)6-12-5-4-9;;;1-3-2/h5H,1,6-7H2,2-4H3;9H,4-6H2,1-3H3;1H4;;1-2H/q;;-1;+1;. The van der Waals surface area contributed by atoms with E-state index < -0.39 is 10.8 Å². The number of aliphatic hydroxyl groups excluding tert-OH is 1. The van der Waals surface area contributed by atoms with Gasteiger partial charge in [-0.15, -0.1) is 6.58 Å². The first-order chi connectivity index (χ1) is 12.5. The second-order valence-electron chi connectivity index (χ2n) is 6.41. The first kappa shape index (κ1) is 39.0. The molecular weight excluding hydrogens is 398 g/mol. The van der Waals surface area contributed by atoms with Gasteiger partial charge in [-0.25, -0.2) is 10.5 Å². The summed E-state index contributed by atoms with van der Waals surface area (Å²) < 4.78 is 19.3. The fraction of sp³-hybridized carbons (Fsp3) is 0.765. The fourth-order valence-corrected chi connectivity index (χ4v) is 1.46. The van der Waals surface area contributed by atoms with Gasteiger partial charge in [0.05, 0.1) is 58.1 Å². The molecule has 0 aromatic rings. The molecule has 170 valence electrons. The molecule has 0 saturated carbocycles. The Morgan fingerprint density at radius 1 is 0.931 bits per heavy atom. The Balaban J connectivity index is -0.000000110. The normalized spacial score (nSPS) is 9.83. The van der Waals surface area contributed by atoms with Gasteiger partial charge in [-0.2, -0.15) is 0 Å². The zero-order chi connectivity index (χ0) is 21.9. The molecule has 0 aliphatic heterocycles. The van der Waals surface area contributed by atoms with Gasteiger partial charge in [0.25, 0.3) is 0 Å². The second kappa shape index (κ2) is 23.8. The van der Waals surface area contributed by atoms with Crippen LogP contribution in [0.3, 0.4) is 0 Å². The summed E-state index contributed by atoms with van der Waals surface area (Å²) in [4.78, 5) is 22.2. The second-order valence-corrected chi connectivity index (χ2v) is 6.41. The molecule has 0 aliphatic rings. The molecule has 0 aromatic carbocycles. The van der Waals surface area contributed by atoms with Gasteiger partial charge >= 0.3 is 41.5 Å². The van der Waals surface area contributed by atoms with Gasteiger partial charge in [0.1, 0.15) is 0 Å². The minimum atomic E-state index is -0.635. The molecule has 0 heterocycles. The van der Waals surface area contributed by atoms with Crippen LogP contribution in [0.25, 0.3) is 0 Å². The van der Waals surface area contributed by atoms with Gasteiger partial charge in [-0.1, -0.05) is 19.5 Å². The third-order valence-electron chi connectivity index (χ3n) is 2.87. The van der Waals surface area contributed by atoms with Crippen LogP contribution < -0.4 is 29.6 Å². The molecule has 0 rings (SSSR count). The Morgan fingerprint density at radius 2 is 1.28 bits per heavy atom. The summed E-state index contributed by atoms with van der Waals surface area (Å²) in [6.07, 6.45) is 1.65. The smallest absolute Gasteiger partial charge is 0.469 e. The van der Waals surface area contributed by atoms with E-state index in [9.17, 15) is 9.59 Å². The average Bonchev–Trinajstić information content (AvgIpc) is 2.61. The minimum Gasteiger partial charge on any atom is -0.469 e. The van der Waals surface area contributed by atoms with Crippen LogP contribution in [0.4, 0.5) is 0 Å². The van der Waals surface area contributed by atoms with Crippen molar-refractivity contribution in [2.45, 2.75) is 27.7 Å². The van der Waals surface area contributed by atoms with Gasteiger partial charge in [0.15, 0.2) is 0 Å². The van der Waals surface area contributed by atoms with Gasteiger partial charge in [-0.05, 0) is 27.7 Å². The van der Waals surface area contributed by atoms with E-state index in [2.05, 4.69) is 21.1 Å². The number of ether oxygens (including phenoxy) is 4. The molecule has 0 unspecified atom stereocenters. The molecule has 0 fully saturated rings. The molecular formula is C17H38BNaO10. The van der Waals surface area contributed by atoms with E-state index in [1.165, 1.54) is 14.2 Å². The molecule has 0 aliphatic carbocycles. The van der Waals surface area contributed by atoms with Crippen molar-refractivity contribution in [3.05, 3.63) is 12.7 Å². The van der Waals surface area contributed by atoms with Crippen molar-refractivity contribution in [2.24, 2.45) is 10.8 Å². The molecule has 3 N–H and O–H groups in total. The summed E-state index contributed by atoms with van der Waals surface area (Å²) in [6, 6.07) is 0. The number of hydrogen-bond donors (Lipinski definition) is 3. The van der Waals surface area contributed by atoms with Crippen LogP contribution in [-0.4, -0.2) is 83.2 Å². The molecule has 0 bridgehead atoms.